The molecule has 0 spiro atoms. The lowest BCUT2D eigenvalue weighted by atomic mass is 10.1. The summed E-state index contributed by atoms with van der Waals surface area (Å²) in [6.45, 7) is 1.59. The van der Waals surface area contributed by atoms with E-state index in [2.05, 4.69) is 16.0 Å². The molecule has 7 nitrogen and oxygen atoms in total. The number of hydrogen-bond donors (Lipinski definition) is 3. The van der Waals surface area contributed by atoms with Crippen LogP contribution in [0.15, 0.2) is 78.9 Å². The van der Waals surface area contributed by atoms with E-state index in [1.54, 1.807) is 43.4 Å². The van der Waals surface area contributed by atoms with Gasteiger partial charge in [0.15, 0.2) is 0 Å². The average Bonchev–Trinajstić information content (AvgIpc) is 2.83. The molecule has 33 heavy (non-hydrogen) atoms. The van der Waals surface area contributed by atoms with Crippen LogP contribution in [0.3, 0.4) is 0 Å². The largest absolute Gasteiger partial charge is 0.376 e. The Labute approximate surface area is 193 Å². The molecule has 170 valence electrons. The number of carbonyl (C=O) groups excluding carboxylic acids is 3. The van der Waals surface area contributed by atoms with Crippen LogP contribution in [-0.4, -0.2) is 31.3 Å². The lowest BCUT2D eigenvalue weighted by molar-refractivity contribution is -0.117. The van der Waals surface area contributed by atoms with Crippen molar-refractivity contribution in [1.29, 1.82) is 0 Å². The highest BCUT2D eigenvalue weighted by Crippen LogP contribution is 2.17. The van der Waals surface area contributed by atoms with Gasteiger partial charge in [0.05, 0.1) is 6.54 Å². The molecule has 0 radical (unpaired) electrons. The van der Waals surface area contributed by atoms with Gasteiger partial charge >= 0.3 is 0 Å². The van der Waals surface area contributed by atoms with Gasteiger partial charge < -0.3 is 20.9 Å². The van der Waals surface area contributed by atoms with Crippen molar-refractivity contribution < 1.29 is 14.4 Å². The number of anilines is 4. The van der Waals surface area contributed by atoms with E-state index >= 15 is 0 Å². The third kappa shape index (κ3) is 7.50. The van der Waals surface area contributed by atoms with Crippen LogP contribution < -0.4 is 20.9 Å². The molecule has 3 rings (SSSR count). The highest BCUT2D eigenvalue weighted by atomic mass is 16.2. The molecule has 0 saturated heterocycles. The molecule has 7 heteroatoms. The number of aryl methyl sites for hydroxylation is 1. The van der Waals surface area contributed by atoms with Gasteiger partial charge in [0, 0.05) is 43.1 Å². The normalized spacial score (nSPS) is 10.2. The molecule has 0 fully saturated rings. The molecule has 0 aromatic heterocycles. The molecule has 0 atom stereocenters. The zero-order valence-corrected chi connectivity index (χ0v) is 18.8. The number of carbonyl (C=O) groups is 3. The number of benzene rings is 3. The molecular formula is C26H28N4O3. The highest BCUT2D eigenvalue weighted by Gasteiger charge is 2.07. The Morgan fingerprint density at radius 1 is 0.727 bits per heavy atom. The maximum absolute atomic E-state index is 12.2. The van der Waals surface area contributed by atoms with Crippen LogP contribution in [0.5, 0.6) is 0 Å². The molecule has 3 aromatic rings. The number of rotatable bonds is 9. The van der Waals surface area contributed by atoms with E-state index in [0.29, 0.717) is 24.2 Å². The second-order valence-electron chi connectivity index (χ2n) is 7.64. The fourth-order valence-corrected chi connectivity index (χ4v) is 3.14. The van der Waals surface area contributed by atoms with E-state index in [4.69, 9.17) is 0 Å². The Kier molecular flexibility index (Phi) is 8.18. The van der Waals surface area contributed by atoms with Crippen LogP contribution in [0, 0.1) is 0 Å². The molecule has 0 heterocycles. The van der Waals surface area contributed by atoms with Crippen molar-refractivity contribution in [2.75, 3.05) is 34.4 Å². The summed E-state index contributed by atoms with van der Waals surface area (Å²) < 4.78 is 0. The van der Waals surface area contributed by atoms with E-state index < -0.39 is 0 Å². The summed E-state index contributed by atoms with van der Waals surface area (Å²) in [4.78, 5) is 37.3. The third-order valence-electron chi connectivity index (χ3n) is 5.12. The van der Waals surface area contributed by atoms with Crippen LogP contribution in [0.1, 0.15) is 18.9 Å². The predicted octanol–water partition coefficient (Wildman–Crippen LogP) is 4.29. The second-order valence-corrected chi connectivity index (χ2v) is 7.64. The van der Waals surface area contributed by atoms with Crippen molar-refractivity contribution in [1.82, 2.24) is 0 Å². The van der Waals surface area contributed by atoms with Gasteiger partial charge in [-0.05, 0) is 60.5 Å². The average molecular weight is 445 g/mol. The van der Waals surface area contributed by atoms with Crippen molar-refractivity contribution in [3.63, 3.8) is 0 Å². The minimum Gasteiger partial charge on any atom is -0.376 e. The fourth-order valence-electron chi connectivity index (χ4n) is 3.14. The Hall–Kier alpha value is -4.13. The summed E-state index contributed by atoms with van der Waals surface area (Å²) in [7, 11) is 1.70. The van der Waals surface area contributed by atoms with E-state index in [9.17, 15) is 14.4 Å². The van der Waals surface area contributed by atoms with E-state index in [1.165, 1.54) is 11.8 Å². The molecular weight excluding hydrogens is 416 g/mol. The van der Waals surface area contributed by atoms with E-state index in [0.717, 1.165) is 16.9 Å². The number of nitrogens with zero attached hydrogens (tertiary/aromatic N) is 1. The van der Waals surface area contributed by atoms with Crippen LogP contribution in [0.4, 0.5) is 22.7 Å². The van der Waals surface area contributed by atoms with Crippen molar-refractivity contribution in [3.8, 4) is 0 Å². The van der Waals surface area contributed by atoms with Crippen molar-refractivity contribution in [2.24, 2.45) is 0 Å². The fraction of sp³-hybridized carbons (Fsp3) is 0.192. The molecule has 0 aliphatic carbocycles. The minimum atomic E-state index is -0.194. The summed E-state index contributed by atoms with van der Waals surface area (Å²) in [6.07, 6.45) is 1.10. The number of amides is 3. The SMILES string of the molecule is CC(=O)N(C)c1ccc(NC(=O)CNc2ccc(NC(=O)CCc3ccccc3)cc2)cc1. The quantitative estimate of drug-likeness (QED) is 0.459. The van der Waals surface area contributed by atoms with Gasteiger partial charge in [-0.25, -0.2) is 0 Å². The Bertz CT molecular complexity index is 1080. The van der Waals surface area contributed by atoms with E-state index in [-0.39, 0.29) is 24.3 Å². The summed E-state index contributed by atoms with van der Waals surface area (Å²) in [6, 6.07) is 24.2. The summed E-state index contributed by atoms with van der Waals surface area (Å²) in [5.74, 6) is -0.297. The summed E-state index contributed by atoms with van der Waals surface area (Å²) in [5.41, 5.74) is 4.01. The monoisotopic (exact) mass is 444 g/mol. The molecule has 3 amide bonds. The molecule has 0 unspecified atom stereocenters. The minimum absolute atomic E-state index is 0.0422. The van der Waals surface area contributed by atoms with Crippen molar-refractivity contribution >= 4 is 40.5 Å². The lowest BCUT2D eigenvalue weighted by Gasteiger charge is -2.15. The first-order valence-corrected chi connectivity index (χ1v) is 10.7. The van der Waals surface area contributed by atoms with Gasteiger partial charge in [0.1, 0.15) is 0 Å². The van der Waals surface area contributed by atoms with Crippen molar-refractivity contribution in [3.05, 3.63) is 84.4 Å². The summed E-state index contributed by atoms with van der Waals surface area (Å²) >= 11 is 0. The summed E-state index contributed by atoms with van der Waals surface area (Å²) in [5, 5.41) is 8.76. The van der Waals surface area contributed by atoms with Gasteiger partial charge in [-0.2, -0.15) is 0 Å². The van der Waals surface area contributed by atoms with Crippen LogP contribution >= 0.6 is 0 Å². The standard InChI is InChI=1S/C26H28N4O3/c1-19(31)30(2)24-15-13-23(14-16-24)29-26(33)18-27-21-9-11-22(12-10-21)28-25(32)17-8-20-6-4-3-5-7-20/h3-7,9-16,27H,8,17-18H2,1-2H3,(H,28,32)(H,29,33). The van der Waals surface area contributed by atoms with Gasteiger partial charge in [-0.15, -0.1) is 0 Å². The molecule has 0 saturated carbocycles. The van der Waals surface area contributed by atoms with Crippen LogP contribution in [0.2, 0.25) is 0 Å². The third-order valence-corrected chi connectivity index (χ3v) is 5.12. The first-order valence-electron chi connectivity index (χ1n) is 10.7. The van der Waals surface area contributed by atoms with Crippen LogP contribution in [0.25, 0.3) is 0 Å². The zero-order chi connectivity index (χ0) is 23.6. The van der Waals surface area contributed by atoms with Crippen LogP contribution in [-0.2, 0) is 20.8 Å². The first kappa shape index (κ1) is 23.5. The number of hydrogen-bond acceptors (Lipinski definition) is 4. The first-order chi connectivity index (χ1) is 15.9. The van der Waals surface area contributed by atoms with E-state index in [1.807, 2.05) is 42.5 Å². The molecule has 0 bridgehead atoms. The smallest absolute Gasteiger partial charge is 0.243 e. The van der Waals surface area contributed by atoms with Gasteiger partial charge in [0.2, 0.25) is 17.7 Å². The molecule has 3 aromatic carbocycles. The zero-order valence-electron chi connectivity index (χ0n) is 18.8. The van der Waals surface area contributed by atoms with Crippen molar-refractivity contribution in [2.45, 2.75) is 19.8 Å². The Balaban J connectivity index is 1.41. The molecule has 0 aliphatic rings. The van der Waals surface area contributed by atoms with Gasteiger partial charge in [-0.1, -0.05) is 30.3 Å². The maximum atomic E-state index is 12.2. The Morgan fingerprint density at radius 2 is 1.27 bits per heavy atom. The van der Waals surface area contributed by atoms with Gasteiger partial charge in [0.25, 0.3) is 0 Å². The maximum Gasteiger partial charge on any atom is 0.243 e. The second kappa shape index (κ2) is 11.5. The topological polar surface area (TPSA) is 90.5 Å². The predicted molar refractivity (Wildman–Crippen MR) is 132 cm³/mol. The number of nitrogens with one attached hydrogen (secondary N) is 3. The highest BCUT2D eigenvalue weighted by molar-refractivity contribution is 5.95. The molecule has 0 aliphatic heterocycles. The Morgan fingerprint density at radius 3 is 1.88 bits per heavy atom. The molecule has 3 N–H and O–H groups in total. The lowest BCUT2D eigenvalue weighted by Crippen LogP contribution is -2.23. The van der Waals surface area contributed by atoms with Gasteiger partial charge in [-0.3, -0.25) is 14.4 Å².